The molecule has 0 radical (unpaired) electrons. The lowest BCUT2D eigenvalue weighted by atomic mass is 10.3. The average Bonchev–Trinajstić information content (AvgIpc) is 2.60. The number of hydrogen-bond acceptors (Lipinski definition) is 6. The van der Waals surface area contributed by atoms with Crippen molar-refractivity contribution in [2.24, 2.45) is 0 Å². The average molecular weight is 241 g/mol. The quantitative estimate of drug-likeness (QED) is 0.711. The maximum Gasteiger partial charge on any atom is 0.243 e. The van der Waals surface area contributed by atoms with Crippen LogP contribution < -0.4 is 5.73 Å². The number of nitrogen functional groups attached to an aromatic ring is 1. The lowest BCUT2D eigenvalue weighted by Gasteiger charge is -2.30. The molecule has 1 saturated heterocycles. The zero-order valence-electron chi connectivity index (χ0n) is 8.71. The van der Waals surface area contributed by atoms with Gasteiger partial charge in [0.2, 0.25) is 16.9 Å². The molecule has 0 aromatic carbocycles. The van der Waals surface area contributed by atoms with E-state index in [-0.39, 0.29) is 24.9 Å². The first-order valence-corrected chi connectivity index (χ1v) is 5.47. The summed E-state index contributed by atoms with van der Waals surface area (Å²) in [5.74, 6) is -0.159. The van der Waals surface area contributed by atoms with E-state index in [9.17, 15) is 9.59 Å². The number of nitrogens with zero attached hydrogens (tertiary/aromatic N) is 4. The van der Waals surface area contributed by atoms with Crippen LogP contribution in [0, 0.1) is 0 Å². The molecule has 1 fully saturated rings. The molecule has 2 amide bonds. The van der Waals surface area contributed by atoms with Crippen molar-refractivity contribution in [2.45, 2.75) is 6.54 Å². The normalized spacial score (nSPS) is 17.1. The van der Waals surface area contributed by atoms with E-state index < -0.39 is 0 Å². The molecule has 2 heterocycles. The predicted molar refractivity (Wildman–Crippen MR) is 57.4 cm³/mol. The van der Waals surface area contributed by atoms with E-state index in [1.165, 1.54) is 21.1 Å². The minimum absolute atomic E-state index is 0.0721. The molecule has 0 atom stereocenters. The van der Waals surface area contributed by atoms with Crippen LogP contribution in [0.1, 0.15) is 5.01 Å². The Morgan fingerprint density at radius 2 is 2.06 bits per heavy atom. The van der Waals surface area contributed by atoms with Gasteiger partial charge in [-0.2, -0.15) is 0 Å². The van der Waals surface area contributed by atoms with Crippen LogP contribution in [-0.2, 0) is 16.1 Å². The van der Waals surface area contributed by atoms with E-state index in [1.54, 1.807) is 7.05 Å². The first-order chi connectivity index (χ1) is 7.56. The van der Waals surface area contributed by atoms with Crippen molar-refractivity contribution in [1.82, 2.24) is 20.0 Å². The van der Waals surface area contributed by atoms with Gasteiger partial charge >= 0.3 is 0 Å². The number of piperazine rings is 1. The van der Waals surface area contributed by atoms with Crippen molar-refractivity contribution in [1.29, 1.82) is 0 Å². The molecule has 0 bridgehead atoms. The Morgan fingerprint density at radius 1 is 1.31 bits per heavy atom. The summed E-state index contributed by atoms with van der Waals surface area (Å²) in [6.07, 6.45) is 0. The molecule has 2 rings (SSSR count). The highest BCUT2D eigenvalue weighted by molar-refractivity contribution is 7.15. The summed E-state index contributed by atoms with van der Waals surface area (Å²) in [4.78, 5) is 25.9. The van der Waals surface area contributed by atoms with Crippen molar-refractivity contribution < 1.29 is 9.59 Å². The number of likely N-dealkylation sites (N-methyl/N-ethyl adjacent to an activating group) is 1. The summed E-state index contributed by atoms with van der Waals surface area (Å²) in [5.41, 5.74) is 5.43. The van der Waals surface area contributed by atoms with Gasteiger partial charge in [-0.3, -0.25) is 9.59 Å². The number of rotatable bonds is 2. The molecule has 1 aromatic rings. The van der Waals surface area contributed by atoms with E-state index in [0.29, 0.717) is 16.7 Å². The van der Waals surface area contributed by atoms with Gasteiger partial charge in [-0.1, -0.05) is 11.3 Å². The smallest absolute Gasteiger partial charge is 0.243 e. The standard InChI is InChI=1S/C8H11N5O2S/c1-12-3-7(15)13(4-6(12)14)2-5-10-11-8(9)16-5/h2-4H2,1H3,(H2,9,11). The van der Waals surface area contributed by atoms with E-state index in [1.807, 2.05) is 0 Å². The summed E-state index contributed by atoms with van der Waals surface area (Å²) < 4.78 is 0. The van der Waals surface area contributed by atoms with Gasteiger partial charge in [-0.15, -0.1) is 10.2 Å². The third kappa shape index (κ3) is 2.11. The predicted octanol–water partition coefficient (Wildman–Crippen LogP) is -1.08. The molecule has 16 heavy (non-hydrogen) atoms. The van der Waals surface area contributed by atoms with E-state index >= 15 is 0 Å². The Morgan fingerprint density at radius 3 is 2.69 bits per heavy atom. The Labute approximate surface area is 95.8 Å². The molecule has 8 heteroatoms. The van der Waals surface area contributed by atoms with E-state index in [4.69, 9.17) is 5.73 Å². The molecule has 0 spiro atoms. The van der Waals surface area contributed by atoms with Gasteiger partial charge in [-0.25, -0.2) is 0 Å². The van der Waals surface area contributed by atoms with Crippen molar-refractivity contribution >= 4 is 28.3 Å². The van der Waals surface area contributed by atoms with E-state index in [0.717, 1.165) is 0 Å². The minimum Gasteiger partial charge on any atom is -0.374 e. The van der Waals surface area contributed by atoms with Gasteiger partial charge in [0.25, 0.3) is 0 Å². The highest BCUT2D eigenvalue weighted by Gasteiger charge is 2.28. The van der Waals surface area contributed by atoms with Crippen LogP contribution in [0.2, 0.25) is 0 Å². The topological polar surface area (TPSA) is 92.4 Å². The minimum atomic E-state index is -0.0872. The van der Waals surface area contributed by atoms with Crippen LogP contribution in [-0.4, -0.2) is 51.9 Å². The molecule has 0 saturated carbocycles. The SMILES string of the molecule is CN1CC(=O)N(Cc2nnc(N)s2)CC1=O. The summed E-state index contributed by atoms with van der Waals surface area (Å²) in [7, 11) is 1.61. The number of carbonyl (C=O) groups is 2. The number of hydrogen-bond donors (Lipinski definition) is 1. The molecule has 1 aromatic heterocycles. The summed E-state index contributed by atoms with van der Waals surface area (Å²) in [6, 6.07) is 0. The molecule has 0 unspecified atom stereocenters. The first-order valence-electron chi connectivity index (χ1n) is 4.66. The third-order valence-electron chi connectivity index (χ3n) is 2.29. The van der Waals surface area contributed by atoms with Crippen molar-refractivity contribution in [3.63, 3.8) is 0 Å². The molecule has 7 nitrogen and oxygen atoms in total. The number of carbonyl (C=O) groups excluding carboxylic acids is 2. The molecule has 1 aliphatic heterocycles. The lowest BCUT2D eigenvalue weighted by molar-refractivity contribution is -0.149. The monoisotopic (exact) mass is 241 g/mol. The number of aromatic nitrogens is 2. The number of amides is 2. The molecular weight excluding hydrogens is 230 g/mol. The fraction of sp³-hybridized carbons (Fsp3) is 0.500. The molecule has 86 valence electrons. The third-order valence-corrected chi connectivity index (χ3v) is 3.02. The van der Waals surface area contributed by atoms with Crippen LogP contribution in [0.25, 0.3) is 0 Å². The number of anilines is 1. The second-order valence-electron chi connectivity index (χ2n) is 3.53. The van der Waals surface area contributed by atoms with Crippen LogP contribution in [0.3, 0.4) is 0 Å². The summed E-state index contributed by atoms with van der Waals surface area (Å²) in [5, 5.41) is 8.47. The van der Waals surface area contributed by atoms with Gasteiger partial charge < -0.3 is 15.5 Å². The molecule has 1 aliphatic rings. The van der Waals surface area contributed by atoms with Crippen molar-refractivity contribution in [3.05, 3.63) is 5.01 Å². The van der Waals surface area contributed by atoms with Crippen LogP contribution in [0.15, 0.2) is 0 Å². The number of nitrogens with two attached hydrogens (primary N) is 1. The van der Waals surface area contributed by atoms with Gasteiger partial charge in [-0.05, 0) is 0 Å². The lowest BCUT2D eigenvalue weighted by Crippen LogP contribution is -2.51. The van der Waals surface area contributed by atoms with Crippen molar-refractivity contribution in [2.75, 3.05) is 25.9 Å². The first kappa shape index (κ1) is 10.8. The van der Waals surface area contributed by atoms with Crippen molar-refractivity contribution in [3.8, 4) is 0 Å². The highest BCUT2D eigenvalue weighted by Crippen LogP contribution is 2.15. The second kappa shape index (κ2) is 4.05. The second-order valence-corrected chi connectivity index (χ2v) is 4.63. The molecule has 0 aliphatic carbocycles. The molecule has 2 N–H and O–H groups in total. The van der Waals surface area contributed by atoms with Gasteiger partial charge in [0.05, 0.1) is 13.1 Å². The van der Waals surface area contributed by atoms with E-state index in [2.05, 4.69) is 10.2 Å². The summed E-state index contributed by atoms with van der Waals surface area (Å²) in [6.45, 7) is 0.509. The Kier molecular flexibility index (Phi) is 2.73. The fourth-order valence-corrected chi connectivity index (χ4v) is 2.03. The maximum atomic E-state index is 11.6. The van der Waals surface area contributed by atoms with Gasteiger partial charge in [0, 0.05) is 7.05 Å². The van der Waals surface area contributed by atoms with Gasteiger partial charge in [0.1, 0.15) is 11.6 Å². The Balaban J connectivity index is 2.05. The zero-order valence-corrected chi connectivity index (χ0v) is 9.53. The van der Waals surface area contributed by atoms with Crippen LogP contribution >= 0.6 is 11.3 Å². The fourth-order valence-electron chi connectivity index (χ4n) is 1.40. The maximum absolute atomic E-state index is 11.6. The highest BCUT2D eigenvalue weighted by atomic mass is 32.1. The van der Waals surface area contributed by atoms with Crippen LogP contribution in [0.5, 0.6) is 0 Å². The summed E-state index contributed by atoms with van der Waals surface area (Å²) >= 11 is 1.22. The van der Waals surface area contributed by atoms with Gasteiger partial charge in [0.15, 0.2) is 0 Å². The zero-order chi connectivity index (χ0) is 11.7. The largest absolute Gasteiger partial charge is 0.374 e. The van der Waals surface area contributed by atoms with Crippen LogP contribution in [0.4, 0.5) is 5.13 Å². The molecular formula is C8H11N5O2S. The Hall–Kier alpha value is -1.70. The Bertz CT molecular complexity index is 432.